The van der Waals surface area contributed by atoms with Crippen molar-refractivity contribution in [3.63, 3.8) is 0 Å². The molecule has 5 rings (SSSR count). The van der Waals surface area contributed by atoms with E-state index < -0.39 is 47.9 Å². The maximum atomic E-state index is 13.6. The molecule has 3 amide bonds. The van der Waals surface area contributed by atoms with E-state index in [1.54, 1.807) is 42.5 Å². The SMILES string of the molecule is O=C(CN(C(=O)c1ccccc1Cl)N1C(=O)[C@H]2CCCC[C@H]2C1=O)c1ccc(OC(=O)c2ccccc2)cc1. The number of hydrogen-bond acceptors (Lipinski definition) is 6. The van der Waals surface area contributed by atoms with Gasteiger partial charge in [0.25, 0.3) is 17.7 Å². The summed E-state index contributed by atoms with van der Waals surface area (Å²) in [4.78, 5) is 65.9. The van der Waals surface area contributed by atoms with E-state index in [1.165, 1.54) is 36.4 Å². The molecule has 0 unspecified atom stereocenters. The Balaban J connectivity index is 1.38. The molecule has 0 N–H and O–H groups in total. The lowest BCUT2D eigenvalue weighted by Gasteiger charge is -2.30. The van der Waals surface area contributed by atoms with Crippen molar-refractivity contribution in [1.82, 2.24) is 10.0 Å². The largest absolute Gasteiger partial charge is 0.423 e. The van der Waals surface area contributed by atoms with Crippen molar-refractivity contribution < 1.29 is 28.7 Å². The summed E-state index contributed by atoms with van der Waals surface area (Å²) in [7, 11) is 0. The van der Waals surface area contributed by atoms with Gasteiger partial charge >= 0.3 is 5.97 Å². The van der Waals surface area contributed by atoms with Gasteiger partial charge in [0, 0.05) is 5.56 Å². The van der Waals surface area contributed by atoms with E-state index in [1.807, 2.05) is 0 Å². The molecule has 2 aliphatic rings. The van der Waals surface area contributed by atoms with Crippen LogP contribution < -0.4 is 4.74 Å². The third-order valence-electron chi connectivity index (χ3n) is 7.09. The van der Waals surface area contributed by atoms with Crippen LogP contribution in [0.4, 0.5) is 0 Å². The zero-order valence-corrected chi connectivity index (χ0v) is 21.7. The standard InChI is InChI=1S/C30H25ClN2O6/c31-25-13-7-6-12-24(25)27(35)32(33-28(36)22-10-4-5-11-23(22)29(33)37)18-26(34)19-14-16-21(17-15-19)39-30(38)20-8-2-1-3-9-20/h1-3,6-9,12-17,22-23H,4-5,10-11,18H2/t22-,23+. The molecule has 3 aromatic carbocycles. The number of rotatable bonds is 7. The molecule has 1 saturated heterocycles. The molecule has 2 fully saturated rings. The first-order chi connectivity index (χ1) is 18.8. The van der Waals surface area contributed by atoms with Crippen LogP contribution in [0.2, 0.25) is 5.02 Å². The van der Waals surface area contributed by atoms with Crippen LogP contribution in [0.1, 0.15) is 56.8 Å². The van der Waals surface area contributed by atoms with Gasteiger partial charge in [-0.3, -0.25) is 19.2 Å². The Morgan fingerprint density at radius 1 is 0.795 bits per heavy atom. The number of carbonyl (C=O) groups is 5. The molecule has 0 spiro atoms. The number of halogens is 1. The van der Waals surface area contributed by atoms with Crippen LogP contribution >= 0.6 is 11.6 Å². The van der Waals surface area contributed by atoms with E-state index in [0.717, 1.165) is 22.9 Å². The molecule has 1 saturated carbocycles. The van der Waals surface area contributed by atoms with Crippen LogP contribution in [0.3, 0.4) is 0 Å². The molecule has 39 heavy (non-hydrogen) atoms. The van der Waals surface area contributed by atoms with E-state index in [9.17, 15) is 24.0 Å². The maximum absolute atomic E-state index is 13.6. The minimum atomic E-state index is -0.720. The van der Waals surface area contributed by atoms with E-state index in [4.69, 9.17) is 16.3 Å². The molecule has 198 valence electrons. The van der Waals surface area contributed by atoms with Crippen molar-refractivity contribution in [1.29, 1.82) is 0 Å². The number of amides is 3. The summed E-state index contributed by atoms with van der Waals surface area (Å²) in [6.07, 6.45) is 2.78. The lowest BCUT2D eigenvalue weighted by Crippen LogP contribution is -2.52. The first-order valence-electron chi connectivity index (χ1n) is 12.7. The first-order valence-corrected chi connectivity index (χ1v) is 13.1. The second-order valence-corrected chi connectivity index (χ2v) is 9.94. The van der Waals surface area contributed by atoms with Crippen LogP contribution in [0.25, 0.3) is 0 Å². The molecule has 1 heterocycles. The fraction of sp³-hybridized carbons (Fsp3) is 0.233. The van der Waals surface area contributed by atoms with Crippen LogP contribution in [-0.2, 0) is 9.59 Å². The number of hydrazine groups is 1. The molecule has 0 aromatic heterocycles. The Morgan fingerprint density at radius 2 is 1.38 bits per heavy atom. The predicted molar refractivity (Wildman–Crippen MR) is 142 cm³/mol. The van der Waals surface area contributed by atoms with Crippen molar-refractivity contribution in [2.45, 2.75) is 25.7 Å². The van der Waals surface area contributed by atoms with Crippen molar-refractivity contribution in [3.8, 4) is 5.75 Å². The van der Waals surface area contributed by atoms with Gasteiger partial charge in [0.05, 0.1) is 28.0 Å². The third-order valence-corrected chi connectivity index (χ3v) is 7.42. The molecule has 8 nitrogen and oxygen atoms in total. The molecule has 0 radical (unpaired) electrons. The van der Waals surface area contributed by atoms with Gasteiger partial charge < -0.3 is 4.74 Å². The molecule has 0 bridgehead atoms. The quantitative estimate of drug-likeness (QED) is 0.180. The summed E-state index contributed by atoms with van der Waals surface area (Å²) in [5, 5.41) is 1.90. The van der Waals surface area contributed by atoms with Gasteiger partial charge in [-0.1, -0.05) is 54.8 Å². The van der Waals surface area contributed by atoms with Gasteiger partial charge in [-0.05, 0) is 61.4 Å². The number of Topliss-reactive ketones (excluding diaryl/α,β-unsaturated/α-hetero) is 1. The number of ketones is 1. The highest BCUT2D eigenvalue weighted by molar-refractivity contribution is 6.34. The zero-order chi connectivity index (χ0) is 27.5. The van der Waals surface area contributed by atoms with Gasteiger partial charge in [0.1, 0.15) is 12.3 Å². The van der Waals surface area contributed by atoms with Crippen molar-refractivity contribution >= 4 is 41.1 Å². The number of carbonyl (C=O) groups excluding carboxylic acids is 5. The van der Waals surface area contributed by atoms with E-state index >= 15 is 0 Å². The van der Waals surface area contributed by atoms with Crippen molar-refractivity contribution in [3.05, 3.63) is 101 Å². The average molecular weight is 545 g/mol. The molecule has 1 aliphatic carbocycles. The third kappa shape index (κ3) is 5.33. The molecule has 3 aromatic rings. The Kier molecular flexibility index (Phi) is 7.56. The zero-order valence-electron chi connectivity index (χ0n) is 20.9. The fourth-order valence-electron chi connectivity index (χ4n) is 5.07. The number of nitrogens with zero attached hydrogens (tertiary/aromatic N) is 2. The van der Waals surface area contributed by atoms with E-state index in [2.05, 4.69) is 0 Å². The monoisotopic (exact) mass is 544 g/mol. The van der Waals surface area contributed by atoms with Crippen molar-refractivity contribution in [2.75, 3.05) is 6.54 Å². The normalized spacial score (nSPS) is 18.4. The fourth-order valence-corrected chi connectivity index (χ4v) is 5.28. The summed E-state index contributed by atoms with van der Waals surface area (Å²) in [5.41, 5.74) is 0.667. The number of fused-ring (bicyclic) bond motifs is 1. The molecular weight excluding hydrogens is 520 g/mol. The van der Waals surface area contributed by atoms with Gasteiger partial charge in [-0.25, -0.2) is 9.80 Å². The lowest BCUT2D eigenvalue weighted by molar-refractivity contribution is -0.154. The summed E-state index contributed by atoms with van der Waals surface area (Å²) < 4.78 is 5.36. The number of esters is 1. The highest BCUT2D eigenvalue weighted by Gasteiger charge is 2.52. The second-order valence-electron chi connectivity index (χ2n) is 9.53. The highest BCUT2D eigenvalue weighted by Crippen LogP contribution is 2.39. The summed E-state index contributed by atoms with van der Waals surface area (Å²) in [6, 6.07) is 20.6. The van der Waals surface area contributed by atoms with E-state index in [0.29, 0.717) is 18.4 Å². The summed E-state index contributed by atoms with van der Waals surface area (Å²) >= 11 is 6.26. The van der Waals surface area contributed by atoms with Gasteiger partial charge in [-0.2, -0.15) is 5.01 Å². The van der Waals surface area contributed by atoms with Gasteiger partial charge in [0.2, 0.25) is 0 Å². The van der Waals surface area contributed by atoms with Crippen LogP contribution in [0.5, 0.6) is 5.75 Å². The minimum Gasteiger partial charge on any atom is -0.423 e. The molecule has 1 aliphatic heterocycles. The lowest BCUT2D eigenvalue weighted by atomic mass is 9.81. The van der Waals surface area contributed by atoms with Crippen LogP contribution in [0, 0.1) is 11.8 Å². The molecule has 2 atom stereocenters. The van der Waals surface area contributed by atoms with Crippen LogP contribution in [-0.4, -0.2) is 46.0 Å². The summed E-state index contributed by atoms with van der Waals surface area (Å²) in [6.45, 7) is -0.551. The van der Waals surface area contributed by atoms with Crippen molar-refractivity contribution in [2.24, 2.45) is 11.8 Å². The minimum absolute atomic E-state index is 0.0746. The number of hydrogen-bond donors (Lipinski definition) is 0. The Bertz CT molecular complexity index is 1420. The predicted octanol–water partition coefficient (Wildman–Crippen LogP) is 4.97. The highest BCUT2D eigenvalue weighted by atomic mass is 35.5. The van der Waals surface area contributed by atoms with Gasteiger partial charge in [0.15, 0.2) is 5.78 Å². The smallest absolute Gasteiger partial charge is 0.343 e. The summed E-state index contributed by atoms with van der Waals surface area (Å²) in [5.74, 6) is -3.48. The molecular formula is C30H25ClN2O6. The Morgan fingerprint density at radius 3 is 2.00 bits per heavy atom. The average Bonchev–Trinajstić information content (AvgIpc) is 3.21. The first kappa shape index (κ1) is 26.3. The van der Waals surface area contributed by atoms with Gasteiger partial charge in [-0.15, -0.1) is 0 Å². The van der Waals surface area contributed by atoms with Crippen LogP contribution in [0.15, 0.2) is 78.9 Å². The topological polar surface area (TPSA) is 101 Å². The van der Waals surface area contributed by atoms with E-state index in [-0.39, 0.29) is 21.9 Å². The number of imide groups is 1. The number of benzene rings is 3. The Hall–Kier alpha value is -4.30. The Labute approximate surface area is 230 Å². The molecule has 9 heteroatoms. The second kappa shape index (κ2) is 11.2. The maximum Gasteiger partial charge on any atom is 0.343 e. The number of ether oxygens (including phenoxy) is 1.